The Morgan fingerprint density at radius 3 is 2.75 bits per heavy atom. The highest BCUT2D eigenvalue weighted by Gasteiger charge is 2.13. The molecular weight excluding hydrogens is 394 g/mol. The summed E-state index contributed by atoms with van der Waals surface area (Å²) in [7, 11) is 0. The van der Waals surface area contributed by atoms with Crippen LogP contribution in [-0.2, 0) is 11.2 Å². The summed E-state index contributed by atoms with van der Waals surface area (Å²) in [5.41, 5.74) is 2.91. The molecule has 9 heteroatoms. The zero-order valence-corrected chi connectivity index (χ0v) is 17.2. The second-order valence-electron chi connectivity index (χ2n) is 6.57. The summed E-state index contributed by atoms with van der Waals surface area (Å²) in [6, 6.07) is 7.99. The minimum absolute atomic E-state index is 0.103. The molecule has 0 bridgehead atoms. The first kappa shape index (κ1) is 18.9. The molecule has 0 saturated carbocycles. The van der Waals surface area contributed by atoms with Crippen LogP contribution in [0.4, 0.5) is 11.4 Å². The first-order valence-corrected chi connectivity index (χ1v) is 11.0. The predicted molar refractivity (Wildman–Crippen MR) is 111 cm³/mol. The molecule has 28 heavy (non-hydrogen) atoms. The van der Waals surface area contributed by atoms with E-state index in [1.165, 1.54) is 30.3 Å². The molecule has 0 spiro atoms. The largest absolute Gasteiger partial charge is 0.416 e. The third-order valence-electron chi connectivity index (χ3n) is 4.40. The molecule has 0 aliphatic carbocycles. The number of rotatable bonds is 7. The highest BCUT2D eigenvalue weighted by Crippen LogP contribution is 2.23. The van der Waals surface area contributed by atoms with E-state index in [9.17, 15) is 4.79 Å². The number of hydrogen-bond donors (Lipinski definition) is 1. The van der Waals surface area contributed by atoms with Crippen LogP contribution in [0, 0.1) is 6.92 Å². The summed E-state index contributed by atoms with van der Waals surface area (Å²) in [5.74, 6) is 0.616. The smallest absolute Gasteiger partial charge is 0.277 e. The van der Waals surface area contributed by atoms with Crippen molar-refractivity contribution >= 4 is 40.4 Å². The van der Waals surface area contributed by atoms with Crippen molar-refractivity contribution in [2.45, 2.75) is 31.4 Å². The fourth-order valence-corrected chi connectivity index (χ4v) is 4.26. The molecule has 1 N–H and O–H groups in total. The van der Waals surface area contributed by atoms with Crippen molar-refractivity contribution in [3.05, 3.63) is 46.2 Å². The number of carbonyl (C=O) groups excluding carboxylic acids is 1. The van der Waals surface area contributed by atoms with Gasteiger partial charge in [0.05, 0.1) is 22.9 Å². The molecule has 1 aliphatic rings. The first-order chi connectivity index (χ1) is 13.7. The number of nitrogens with zero attached hydrogens (tertiary/aromatic N) is 4. The van der Waals surface area contributed by atoms with Gasteiger partial charge in [0.2, 0.25) is 11.8 Å². The summed E-state index contributed by atoms with van der Waals surface area (Å²) < 4.78 is 5.59. The maximum Gasteiger partial charge on any atom is 0.277 e. The molecule has 1 aliphatic heterocycles. The lowest BCUT2D eigenvalue weighted by molar-refractivity contribution is -0.113. The number of anilines is 2. The van der Waals surface area contributed by atoms with Crippen LogP contribution in [-0.4, -0.2) is 39.9 Å². The van der Waals surface area contributed by atoms with Crippen LogP contribution in [0.2, 0.25) is 0 Å². The average Bonchev–Trinajstić information content (AvgIpc) is 3.44. The molecule has 3 heterocycles. The van der Waals surface area contributed by atoms with Crippen LogP contribution in [0.1, 0.15) is 29.4 Å². The lowest BCUT2D eigenvalue weighted by Gasteiger charge is -2.17. The summed E-state index contributed by atoms with van der Waals surface area (Å²) in [6.07, 6.45) is 3.00. The number of amides is 1. The van der Waals surface area contributed by atoms with E-state index in [-0.39, 0.29) is 11.7 Å². The van der Waals surface area contributed by atoms with Gasteiger partial charge >= 0.3 is 0 Å². The first-order valence-electron chi connectivity index (χ1n) is 9.17. The van der Waals surface area contributed by atoms with Crippen molar-refractivity contribution in [2.75, 3.05) is 29.1 Å². The maximum atomic E-state index is 12.2. The molecule has 2 aromatic heterocycles. The fraction of sp³-hybridized carbons (Fsp3) is 0.368. The minimum atomic E-state index is -0.103. The number of nitrogens with one attached hydrogen (secondary N) is 1. The van der Waals surface area contributed by atoms with Crippen molar-refractivity contribution < 1.29 is 9.21 Å². The fourth-order valence-electron chi connectivity index (χ4n) is 3.07. The molecule has 0 atom stereocenters. The average molecular weight is 416 g/mol. The number of hydrogen-bond acceptors (Lipinski definition) is 8. The molecule has 1 fully saturated rings. The van der Waals surface area contributed by atoms with Gasteiger partial charge in [-0.25, -0.2) is 4.98 Å². The maximum absolute atomic E-state index is 12.2. The zero-order valence-electron chi connectivity index (χ0n) is 15.6. The Morgan fingerprint density at radius 2 is 2.04 bits per heavy atom. The highest BCUT2D eigenvalue weighted by molar-refractivity contribution is 7.99. The number of carbonyl (C=O) groups is 1. The van der Waals surface area contributed by atoms with Crippen molar-refractivity contribution in [1.29, 1.82) is 0 Å². The summed E-state index contributed by atoms with van der Waals surface area (Å²) in [6.45, 7) is 4.18. The monoisotopic (exact) mass is 415 g/mol. The zero-order chi connectivity index (χ0) is 19.3. The van der Waals surface area contributed by atoms with E-state index in [0.29, 0.717) is 17.5 Å². The van der Waals surface area contributed by atoms with Gasteiger partial charge in [0.15, 0.2) is 0 Å². The van der Waals surface area contributed by atoms with Crippen LogP contribution in [0.25, 0.3) is 0 Å². The summed E-state index contributed by atoms with van der Waals surface area (Å²) >= 11 is 2.82. The molecule has 3 aromatic rings. The molecular formula is C19H21N5O2S2. The Labute approximate surface area is 171 Å². The molecule has 7 nitrogen and oxygen atoms in total. The third-order valence-corrected chi connectivity index (χ3v) is 6.04. The highest BCUT2D eigenvalue weighted by atomic mass is 32.2. The van der Waals surface area contributed by atoms with Crippen molar-refractivity contribution in [2.24, 2.45) is 0 Å². The number of thioether (sulfide) groups is 1. The second kappa shape index (κ2) is 8.74. The molecule has 1 aromatic carbocycles. The van der Waals surface area contributed by atoms with E-state index in [4.69, 9.17) is 4.42 Å². The van der Waals surface area contributed by atoms with Gasteiger partial charge in [0.25, 0.3) is 5.22 Å². The molecule has 4 rings (SSSR count). The SMILES string of the molecule is Cc1nc(Cc2nnc(SCC(=O)Nc3ccc(N4CCCC4)cc3)o2)cs1. The van der Waals surface area contributed by atoms with Gasteiger partial charge < -0.3 is 14.6 Å². The van der Waals surface area contributed by atoms with Gasteiger partial charge in [0.1, 0.15) is 0 Å². The van der Waals surface area contributed by atoms with Gasteiger partial charge in [-0.3, -0.25) is 4.79 Å². The third kappa shape index (κ3) is 4.90. The van der Waals surface area contributed by atoms with Crippen LogP contribution >= 0.6 is 23.1 Å². The van der Waals surface area contributed by atoms with E-state index < -0.39 is 0 Å². The second-order valence-corrected chi connectivity index (χ2v) is 8.56. The predicted octanol–water partition coefficient (Wildman–Crippen LogP) is 3.76. The van der Waals surface area contributed by atoms with Crippen LogP contribution in [0.3, 0.4) is 0 Å². The molecule has 1 saturated heterocycles. The van der Waals surface area contributed by atoms with Gasteiger partial charge in [-0.2, -0.15) is 0 Å². The topological polar surface area (TPSA) is 84.1 Å². The van der Waals surface area contributed by atoms with E-state index in [2.05, 4.69) is 37.5 Å². The lowest BCUT2D eigenvalue weighted by atomic mass is 10.2. The summed E-state index contributed by atoms with van der Waals surface area (Å²) in [4.78, 5) is 18.9. The van der Waals surface area contributed by atoms with E-state index in [1.807, 2.05) is 24.4 Å². The van der Waals surface area contributed by atoms with Gasteiger partial charge in [-0.05, 0) is 44.0 Å². The van der Waals surface area contributed by atoms with E-state index >= 15 is 0 Å². The van der Waals surface area contributed by atoms with Crippen LogP contribution in [0.5, 0.6) is 0 Å². The minimum Gasteiger partial charge on any atom is -0.416 e. The quantitative estimate of drug-likeness (QED) is 0.588. The van der Waals surface area contributed by atoms with Crippen LogP contribution in [0.15, 0.2) is 39.3 Å². The Balaban J connectivity index is 1.25. The van der Waals surface area contributed by atoms with Crippen molar-refractivity contribution in [3.63, 3.8) is 0 Å². The lowest BCUT2D eigenvalue weighted by Crippen LogP contribution is -2.18. The molecule has 0 radical (unpaired) electrons. The van der Waals surface area contributed by atoms with Gasteiger partial charge in [0, 0.05) is 29.8 Å². The normalized spacial score (nSPS) is 13.8. The van der Waals surface area contributed by atoms with Gasteiger partial charge in [-0.15, -0.1) is 21.5 Å². The standard InChI is InChI=1S/C19H21N5O2S2/c1-13-20-15(11-27-13)10-18-22-23-19(26-18)28-12-17(25)21-14-4-6-16(7-5-14)24-8-2-3-9-24/h4-7,11H,2-3,8-10,12H2,1H3,(H,21,25). The number of aryl methyl sites for hydroxylation is 1. The Morgan fingerprint density at radius 1 is 1.25 bits per heavy atom. The number of aromatic nitrogens is 3. The number of benzene rings is 1. The molecule has 146 valence electrons. The van der Waals surface area contributed by atoms with Crippen molar-refractivity contribution in [3.8, 4) is 0 Å². The Kier molecular flexibility index (Phi) is 5.92. The van der Waals surface area contributed by atoms with E-state index in [0.717, 1.165) is 29.5 Å². The van der Waals surface area contributed by atoms with Crippen molar-refractivity contribution in [1.82, 2.24) is 15.2 Å². The summed E-state index contributed by atoms with van der Waals surface area (Å²) in [5, 5.41) is 14.3. The molecule has 1 amide bonds. The Bertz CT molecular complexity index is 932. The molecule has 0 unspecified atom stereocenters. The Hall–Kier alpha value is -2.39. The van der Waals surface area contributed by atoms with Gasteiger partial charge in [-0.1, -0.05) is 11.8 Å². The van der Waals surface area contributed by atoms with E-state index in [1.54, 1.807) is 11.3 Å². The van der Waals surface area contributed by atoms with Crippen LogP contribution < -0.4 is 10.2 Å². The number of thiazole rings is 1.